The minimum atomic E-state index is -0.576. The molecular weight excluding hydrogens is 290 g/mol. The van der Waals surface area contributed by atoms with Crippen LogP contribution in [0.1, 0.15) is 15.9 Å². The summed E-state index contributed by atoms with van der Waals surface area (Å²) in [5.41, 5.74) is 7.65. The second-order valence-corrected chi connectivity index (χ2v) is 5.13. The Morgan fingerprint density at radius 1 is 1.00 bits per heavy atom. The second-order valence-electron chi connectivity index (χ2n) is 5.13. The summed E-state index contributed by atoms with van der Waals surface area (Å²) in [4.78, 5) is 28.0. The maximum Gasteiger partial charge on any atom is 0.250 e. The predicted octanol–water partition coefficient (Wildman–Crippen LogP) is 2.51. The highest BCUT2D eigenvalue weighted by molar-refractivity contribution is 6.03. The van der Waals surface area contributed by atoms with E-state index in [9.17, 15) is 9.59 Å². The first kappa shape index (κ1) is 14.7. The van der Waals surface area contributed by atoms with Crippen LogP contribution in [0.3, 0.4) is 0 Å². The maximum absolute atomic E-state index is 12.3. The van der Waals surface area contributed by atoms with Crippen LogP contribution in [0.4, 0.5) is 5.69 Å². The number of pyridine rings is 1. The molecule has 5 heteroatoms. The molecular formula is C18H15N3O2. The summed E-state index contributed by atoms with van der Waals surface area (Å²) in [6.45, 7) is 0. The lowest BCUT2D eigenvalue weighted by molar-refractivity contribution is -0.115. The molecule has 3 N–H and O–H groups in total. The molecule has 0 atom stereocenters. The first-order valence-electron chi connectivity index (χ1n) is 7.16. The number of nitrogens with zero attached hydrogens (tertiary/aromatic N) is 1. The molecule has 2 aromatic carbocycles. The van der Waals surface area contributed by atoms with E-state index in [1.54, 1.807) is 30.5 Å². The number of aromatic nitrogens is 1. The van der Waals surface area contributed by atoms with E-state index < -0.39 is 5.91 Å². The van der Waals surface area contributed by atoms with Gasteiger partial charge in [-0.2, -0.15) is 0 Å². The zero-order valence-corrected chi connectivity index (χ0v) is 12.3. The van der Waals surface area contributed by atoms with E-state index in [-0.39, 0.29) is 17.9 Å². The highest BCUT2D eigenvalue weighted by Gasteiger charge is 2.12. The van der Waals surface area contributed by atoms with E-state index in [4.69, 9.17) is 5.73 Å². The smallest absolute Gasteiger partial charge is 0.250 e. The Hall–Kier alpha value is -3.21. The van der Waals surface area contributed by atoms with E-state index in [2.05, 4.69) is 10.3 Å². The molecule has 0 bridgehead atoms. The third-order valence-electron chi connectivity index (χ3n) is 3.53. The Balaban J connectivity index is 1.84. The molecule has 114 valence electrons. The van der Waals surface area contributed by atoms with E-state index in [1.807, 2.05) is 30.3 Å². The highest BCUT2D eigenvalue weighted by atomic mass is 16.2. The summed E-state index contributed by atoms with van der Waals surface area (Å²) >= 11 is 0. The number of fused-ring (bicyclic) bond motifs is 1. The van der Waals surface area contributed by atoms with Gasteiger partial charge >= 0.3 is 0 Å². The summed E-state index contributed by atoms with van der Waals surface area (Å²) in [6.07, 6.45) is 1.87. The summed E-state index contributed by atoms with van der Waals surface area (Å²) in [6, 6.07) is 16.2. The van der Waals surface area contributed by atoms with Crippen molar-refractivity contribution in [2.45, 2.75) is 6.42 Å². The molecule has 0 saturated carbocycles. The number of carbonyl (C=O) groups excluding carboxylic acids is 2. The number of benzene rings is 2. The lowest BCUT2D eigenvalue weighted by atomic mass is 10.1. The van der Waals surface area contributed by atoms with Gasteiger partial charge in [0, 0.05) is 11.6 Å². The fourth-order valence-corrected chi connectivity index (χ4v) is 2.48. The second kappa shape index (κ2) is 6.27. The van der Waals surface area contributed by atoms with Gasteiger partial charge in [0.25, 0.3) is 5.91 Å². The summed E-state index contributed by atoms with van der Waals surface area (Å²) in [5, 5.41) is 3.72. The van der Waals surface area contributed by atoms with Gasteiger partial charge in [0.15, 0.2) is 0 Å². The fourth-order valence-electron chi connectivity index (χ4n) is 2.48. The molecule has 0 aliphatic heterocycles. The standard InChI is InChI=1S/C18H15N3O2/c19-18(23)14-8-1-2-9-15(14)21-16(22)11-13-6-3-5-12-7-4-10-20-17(12)13/h1-10H,11H2,(H2,19,23)(H,21,22). The van der Waals surface area contributed by atoms with Crippen molar-refractivity contribution >= 4 is 28.4 Å². The number of rotatable bonds is 4. The fraction of sp³-hybridized carbons (Fsp3) is 0.0556. The van der Waals surface area contributed by atoms with Crippen molar-refractivity contribution in [3.05, 3.63) is 71.9 Å². The van der Waals surface area contributed by atoms with E-state index >= 15 is 0 Å². The molecule has 0 saturated heterocycles. The third kappa shape index (κ3) is 3.18. The van der Waals surface area contributed by atoms with Crippen molar-refractivity contribution in [2.75, 3.05) is 5.32 Å². The SMILES string of the molecule is NC(=O)c1ccccc1NC(=O)Cc1cccc2cccnc12. The molecule has 2 amide bonds. The van der Waals surface area contributed by atoms with Gasteiger partial charge in [-0.15, -0.1) is 0 Å². The van der Waals surface area contributed by atoms with Crippen LogP contribution < -0.4 is 11.1 Å². The molecule has 3 aromatic rings. The Morgan fingerprint density at radius 3 is 2.61 bits per heavy atom. The van der Waals surface area contributed by atoms with Gasteiger partial charge in [0.1, 0.15) is 0 Å². The van der Waals surface area contributed by atoms with Crippen LogP contribution in [0, 0.1) is 0 Å². The lowest BCUT2D eigenvalue weighted by Gasteiger charge is -2.09. The van der Waals surface area contributed by atoms with Crippen LogP contribution in [0.5, 0.6) is 0 Å². The summed E-state index contributed by atoms with van der Waals surface area (Å²) in [7, 11) is 0. The predicted molar refractivity (Wildman–Crippen MR) is 89.0 cm³/mol. The number of carbonyl (C=O) groups is 2. The number of nitrogens with two attached hydrogens (primary N) is 1. The molecule has 1 heterocycles. The van der Waals surface area contributed by atoms with E-state index in [1.165, 1.54) is 0 Å². The quantitative estimate of drug-likeness (QED) is 0.776. The topological polar surface area (TPSA) is 85.1 Å². The Morgan fingerprint density at radius 2 is 1.78 bits per heavy atom. The largest absolute Gasteiger partial charge is 0.366 e. The molecule has 0 unspecified atom stereocenters. The van der Waals surface area contributed by atoms with Gasteiger partial charge in [0.2, 0.25) is 5.91 Å². The third-order valence-corrected chi connectivity index (χ3v) is 3.53. The van der Waals surface area contributed by atoms with Crippen molar-refractivity contribution in [2.24, 2.45) is 5.73 Å². The number of amides is 2. The van der Waals surface area contributed by atoms with Crippen LogP contribution >= 0.6 is 0 Å². The molecule has 0 aliphatic rings. The Labute approximate surface area is 133 Å². The number of anilines is 1. The van der Waals surface area contributed by atoms with Gasteiger partial charge < -0.3 is 11.1 Å². The van der Waals surface area contributed by atoms with Crippen molar-refractivity contribution in [1.82, 2.24) is 4.98 Å². The average molecular weight is 305 g/mol. The maximum atomic E-state index is 12.3. The monoisotopic (exact) mass is 305 g/mol. The average Bonchev–Trinajstić information content (AvgIpc) is 2.55. The first-order valence-corrected chi connectivity index (χ1v) is 7.16. The Bertz CT molecular complexity index is 885. The normalized spacial score (nSPS) is 10.4. The highest BCUT2D eigenvalue weighted by Crippen LogP contribution is 2.18. The van der Waals surface area contributed by atoms with Crippen molar-refractivity contribution in [1.29, 1.82) is 0 Å². The van der Waals surface area contributed by atoms with Gasteiger partial charge in [0.05, 0.1) is 23.2 Å². The van der Waals surface area contributed by atoms with Gasteiger partial charge in [-0.3, -0.25) is 14.6 Å². The number of hydrogen-bond donors (Lipinski definition) is 2. The van der Waals surface area contributed by atoms with Crippen LogP contribution in [-0.4, -0.2) is 16.8 Å². The van der Waals surface area contributed by atoms with Crippen molar-refractivity contribution in [3.8, 4) is 0 Å². The molecule has 3 rings (SSSR count). The number of para-hydroxylation sites is 2. The minimum absolute atomic E-state index is 0.168. The van der Waals surface area contributed by atoms with E-state index in [0.29, 0.717) is 5.69 Å². The summed E-state index contributed by atoms with van der Waals surface area (Å²) in [5.74, 6) is -0.801. The summed E-state index contributed by atoms with van der Waals surface area (Å²) < 4.78 is 0. The van der Waals surface area contributed by atoms with Crippen molar-refractivity contribution in [3.63, 3.8) is 0 Å². The molecule has 5 nitrogen and oxygen atoms in total. The molecule has 0 spiro atoms. The van der Waals surface area contributed by atoms with Crippen LogP contribution in [-0.2, 0) is 11.2 Å². The number of primary amides is 1. The molecule has 0 radical (unpaired) electrons. The van der Waals surface area contributed by atoms with Crippen LogP contribution in [0.15, 0.2) is 60.8 Å². The van der Waals surface area contributed by atoms with Gasteiger partial charge in [-0.05, 0) is 23.8 Å². The minimum Gasteiger partial charge on any atom is -0.366 e. The number of hydrogen-bond acceptors (Lipinski definition) is 3. The zero-order chi connectivity index (χ0) is 16.2. The van der Waals surface area contributed by atoms with Gasteiger partial charge in [-0.1, -0.05) is 36.4 Å². The Kier molecular flexibility index (Phi) is 4.01. The first-order chi connectivity index (χ1) is 11.1. The molecule has 1 aromatic heterocycles. The van der Waals surface area contributed by atoms with Crippen LogP contribution in [0.2, 0.25) is 0 Å². The van der Waals surface area contributed by atoms with E-state index in [0.717, 1.165) is 16.5 Å². The van der Waals surface area contributed by atoms with Gasteiger partial charge in [-0.25, -0.2) is 0 Å². The number of nitrogens with one attached hydrogen (secondary N) is 1. The molecule has 0 fully saturated rings. The van der Waals surface area contributed by atoms with Crippen molar-refractivity contribution < 1.29 is 9.59 Å². The lowest BCUT2D eigenvalue weighted by Crippen LogP contribution is -2.19. The zero-order valence-electron chi connectivity index (χ0n) is 12.3. The molecule has 0 aliphatic carbocycles. The van der Waals surface area contributed by atoms with Crippen LogP contribution in [0.25, 0.3) is 10.9 Å². The molecule has 23 heavy (non-hydrogen) atoms.